The molecule has 0 aliphatic rings. The molecule has 0 aromatic rings. The first-order valence-electron chi connectivity index (χ1n) is 24.5. The predicted molar refractivity (Wildman–Crippen MR) is 269 cm³/mol. The number of carbonyl (C=O) groups excluding carboxylic acids is 3. The molecule has 0 aliphatic carbocycles. The molecule has 350 valence electrons. The Morgan fingerprint density at radius 3 is 1.17 bits per heavy atom. The monoisotopic (exact) mass is 867 g/mol. The molecule has 0 aliphatic heterocycles. The van der Waals surface area contributed by atoms with E-state index in [0.29, 0.717) is 12.8 Å². The van der Waals surface area contributed by atoms with Gasteiger partial charge in [0.15, 0.2) is 6.10 Å². The molecule has 0 fully saturated rings. The predicted octanol–water partition coefficient (Wildman–Crippen LogP) is 16.1. The van der Waals surface area contributed by atoms with Crippen molar-refractivity contribution in [3.63, 3.8) is 0 Å². The summed E-state index contributed by atoms with van der Waals surface area (Å²) < 4.78 is 16.6. The van der Waals surface area contributed by atoms with E-state index in [4.69, 9.17) is 14.2 Å². The van der Waals surface area contributed by atoms with Gasteiger partial charge in [-0.3, -0.25) is 14.4 Å². The first-order valence-corrected chi connectivity index (χ1v) is 24.5. The van der Waals surface area contributed by atoms with Crippen molar-refractivity contribution in [2.75, 3.05) is 13.2 Å². The second-order valence-electron chi connectivity index (χ2n) is 15.5. The fourth-order valence-electron chi connectivity index (χ4n) is 5.91. The highest BCUT2D eigenvalue weighted by atomic mass is 16.6. The zero-order valence-corrected chi connectivity index (χ0v) is 39.8. The molecule has 0 N–H and O–H groups in total. The van der Waals surface area contributed by atoms with E-state index in [0.717, 1.165) is 77.0 Å². The molecular formula is C57H86O6. The van der Waals surface area contributed by atoms with Crippen LogP contribution in [0, 0.1) is 0 Å². The molecule has 6 nitrogen and oxygen atoms in total. The number of esters is 3. The lowest BCUT2D eigenvalue weighted by atomic mass is 10.1. The number of unbranched alkanes of at least 4 members (excludes halogenated alkanes) is 13. The Morgan fingerprint density at radius 1 is 0.349 bits per heavy atom. The maximum Gasteiger partial charge on any atom is 0.306 e. The van der Waals surface area contributed by atoms with Crippen molar-refractivity contribution in [1.82, 2.24) is 0 Å². The van der Waals surface area contributed by atoms with Crippen LogP contribution in [0.2, 0.25) is 0 Å². The quantitative estimate of drug-likeness (QED) is 0.0200. The lowest BCUT2D eigenvalue weighted by molar-refractivity contribution is -0.167. The molecule has 0 amide bonds. The number of hydrogen-bond donors (Lipinski definition) is 0. The summed E-state index contributed by atoms with van der Waals surface area (Å²) in [4.78, 5) is 37.9. The van der Waals surface area contributed by atoms with E-state index in [1.807, 2.05) is 79.0 Å². The summed E-state index contributed by atoms with van der Waals surface area (Å²) in [7, 11) is 0. The molecule has 0 aromatic carbocycles. The second kappa shape index (κ2) is 49.9. The summed E-state index contributed by atoms with van der Waals surface area (Å²) in [5, 5.41) is 0. The van der Waals surface area contributed by atoms with Gasteiger partial charge in [0.25, 0.3) is 0 Å². The van der Waals surface area contributed by atoms with E-state index in [2.05, 4.69) is 87.6 Å². The lowest BCUT2D eigenvalue weighted by Crippen LogP contribution is -2.30. The van der Waals surface area contributed by atoms with Crippen LogP contribution >= 0.6 is 0 Å². The number of ether oxygens (including phenoxy) is 3. The maximum absolute atomic E-state index is 12.8. The Hall–Kier alpha value is -4.71. The van der Waals surface area contributed by atoms with Crippen molar-refractivity contribution in [3.8, 4) is 0 Å². The van der Waals surface area contributed by atoms with E-state index in [9.17, 15) is 14.4 Å². The van der Waals surface area contributed by atoms with Gasteiger partial charge in [0.2, 0.25) is 0 Å². The van der Waals surface area contributed by atoms with Crippen LogP contribution < -0.4 is 0 Å². The fraction of sp³-hybridized carbons (Fsp3) is 0.526. The summed E-state index contributed by atoms with van der Waals surface area (Å²) in [6.45, 7) is 6.18. The fourth-order valence-corrected chi connectivity index (χ4v) is 5.91. The van der Waals surface area contributed by atoms with Crippen molar-refractivity contribution in [2.24, 2.45) is 0 Å². The molecule has 0 saturated heterocycles. The van der Waals surface area contributed by atoms with Gasteiger partial charge in [-0.25, -0.2) is 0 Å². The van der Waals surface area contributed by atoms with Gasteiger partial charge in [0.05, 0.1) is 0 Å². The van der Waals surface area contributed by atoms with Crippen LogP contribution in [0.5, 0.6) is 0 Å². The molecule has 0 bridgehead atoms. The number of rotatable bonds is 41. The number of hydrogen-bond acceptors (Lipinski definition) is 6. The first kappa shape index (κ1) is 58.3. The van der Waals surface area contributed by atoms with E-state index in [-0.39, 0.29) is 50.4 Å². The number of carbonyl (C=O) groups is 3. The molecule has 0 rings (SSSR count). The normalized spacial score (nSPS) is 13.4. The third kappa shape index (κ3) is 48.2. The molecule has 0 aromatic heterocycles. The minimum absolute atomic E-state index is 0.143. The Morgan fingerprint density at radius 2 is 0.698 bits per heavy atom. The average molecular weight is 867 g/mol. The van der Waals surface area contributed by atoms with Crippen molar-refractivity contribution in [1.29, 1.82) is 0 Å². The minimum Gasteiger partial charge on any atom is -0.462 e. The van der Waals surface area contributed by atoms with Crippen LogP contribution in [-0.2, 0) is 28.6 Å². The molecule has 0 spiro atoms. The third-order valence-electron chi connectivity index (χ3n) is 9.53. The van der Waals surface area contributed by atoms with Gasteiger partial charge >= 0.3 is 17.9 Å². The van der Waals surface area contributed by atoms with Gasteiger partial charge in [0, 0.05) is 19.3 Å². The van der Waals surface area contributed by atoms with Crippen LogP contribution in [0.4, 0.5) is 0 Å². The second-order valence-corrected chi connectivity index (χ2v) is 15.5. The summed E-state index contributed by atoms with van der Waals surface area (Å²) >= 11 is 0. The van der Waals surface area contributed by atoms with E-state index in [1.54, 1.807) is 0 Å². The number of allylic oxidation sites excluding steroid dienone is 24. The average Bonchev–Trinajstić information content (AvgIpc) is 3.28. The van der Waals surface area contributed by atoms with Gasteiger partial charge in [-0.1, -0.05) is 218 Å². The smallest absolute Gasteiger partial charge is 0.306 e. The molecule has 63 heavy (non-hydrogen) atoms. The third-order valence-corrected chi connectivity index (χ3v) is 9.53. The standard InChI is InChI=1S/C57H86O6/c1-4-7-10-13-16-19-22-25-27-28-30-32-35-38-41-44-47-50-56(59)62-53-54(52-61-55(58)49-46-43-40-37-34-31-24-21-18-15-12-9-6-3)63-57(60)51-48-45-42-39-36-33-29-26-23-20-17-14-11-8-5-2/h8-9,11-12,14-15,17-18,20-21,23-27,29-32,34,37-38,40-41,54H,4-7,10,13,16,19,22,28,33,35-36,39,42-53H2,1-3H3/b11-8-,12-9-,17-14-,18-15-,23-20-,24-21-,27-25-,29-26-,32-30-,34-31-,40-37-,41-38-. The Kier molecular flexibility index (Phi) is 46.2. The lowest BCUT2D eigenvalue weighted by Gasteiger charge is -2.18. The topological polar surface area (TPSA) is 78.9 Å². The highest BCUT2D eigenvalue weighted by Gasteiger charge is 2.19. The Bertz CT molecular complexity index is 1460. The van der Waals surface area contributed by atoms with Gasteiger partial charge in [0.1, 0.15) is 13.2 Å². The largest absolute Gasteiger partial charge is 0.462 e. The van der Waals surface area contributed by atoms with Crippen molar-refractivity contribution < 1.29 is 28.6 Å². The Labute approximate surface area is 385 Å². The van der Waals surface area contributed by atoms with Crippen molar-refractivity contribution >= 4 is 17.9 Å². The Balaban J connectivity index is 4.64. The van der Waals surface area contributed by atoms with Gasteiger partial charge in [-0.2, -0.15) is 0 Å². The molecule has 0 radical (unpaired) electrons. The molecule has 1 atom stereocenters. The van der Waals surface area contributed by atoms with Crippen molar-refractivity contribution in [2.45, 2.75) is 181 Å². The SMILES string of the molecule is CC\C=C/C=C\C=C/C=C\C=C/CCCC(=O)OCC(COC(=O)CCC/C=C\C/C=C\C/C=C\CCCCCCCC)OC(=O)CCCCCCC\C=C/C=C\C=C/C=C\CC. The summed E-state index contributed by atoms with van der Waals surface area (Å²) in [5.41, 5.74) is 0. The van der Waals surface area contributed by atoms with Gasteiger partial charge < -0.3 is 14.2 Å². The zero-order chi connectivity index (χ0) is 45.8. The highest BCUT2D eigenvalue weighted by molar-refractivity contribution is 5.71. The molecular weight excluding hydrogens is 781 g/mol. The highest BCUT2D eigenvalue weighted by Crippen LogP contribution is 2.11. The zero-order valence-electron chi connectivity index (χ0n) is 39.8. The summed E-state index contributed by atoms with van der Waals surface area (Å²) in [5.74, 6) is -1.10. The molecule has 0 heterocycles. The van der Waals surface area contributed by atoms with E-state index >= 15 is 0 Å². The summed E-state index contributed by atoms with van der Waals surface area (Å²) in [6, 6.07) is 0. The van der Waals surface area contributed by atoms with Crippen molar-refractivity contribution in [3.05, 3.63) is 146 Å². The van der Waals surface area contributed by atoms with E-state index < -0.39 is 6.10 Å². The molecule has 1 unspecified atom stereocenters. The van der Waals surface area contributed by atoms with E-state index in [1.165, 1.54) is 44.9 Å². The minimum atomic E-state index is -0.845. The van der Waals surface area contributed by atoms with Gasteiger partial charge in [-0.15, -0.1) is 0 Å². The molecule has 0 saturated carbocycles. The van der Waals surface area contributed by atoms with Crippen LogP contribution in [0.3, 0.4) is 0 Å². The van der Waals surface area contributed by atoms with Crippen LogP contribution in [0.25, 0.3) is 0 Å². The van der Waals surface area contributed by atoms with Crippen LogP contribution in [0.1, 0.15) is 175 Å². The van der Waals surface area contributed by atoms with Crippen LogP contribution in [0.15, 0.2) is 146 Å². The van der Waals surface area contributed by atoms with Crippen LogP contribution in [-0.4, -0.2) is 37.2 Å². The maximum atomic E-state index is 12.8. The van der Waals surface area contributed by atoms with Gasteiger partial charge in [-0.05, 0) is 83.5 Å². The first-order chi connectivity index (χ1) is 31.0. The summed E-state index contributed by atoms with van der Waals surface area (Å²) in [6.07, 6.45) is 71.3. The molecule has 6 heteroatoms.